The predicted octanol–water partition coefficient (Wildman–Crippen LogP) is 4.47. The molecule has 170 valence electrons. The summed E-state index contributed by atoms with van der Waals surface area (Å²) in [7, 11) is 1.56. The lowest BCUT2D eigenvalue weighted by molar-refractivity contribution is -0.143. The van der Waals surface area contributed by atoms with Crippen LogP contribution in [0.4, 0.5) is 13.2 Å². The minimum absolute atomic E-state index is 0.125. The fourth-order valence-corrected chi connectivity index (χ4v) is 3.68. The van der Waals surface area contributed by atoms with E-state index in [-0.39, 0.29) is 29.8 Å². The smallest absolute Gasteiger partial charge is 0.431 e. The molecule has 1 heterocycles. The number of benzene rings is 2. The highest BCUT2D eigenvalue weighted by Gasteiger charge is 2.35. The van der Waals surface area contributed by atoms with Crippen LogP contribution in [-0.2, 0) is 23.9 Å². The summed E-state index contributed by atoms with van der Waals surface area (Å²) in [5.74, 6) is 0.423. The van der Waals surface area contributed by atoms with Gasteiger partial charge >= 0.3 is 6.18 Å². The van der Waals surface area contributed by atoms with Crippen LogP contribution in [0.1, 0.15) is 30.2 Å². The van der Waals surface area contributed by atoms with E-state index in [4.69, 9.17) is 4.74 Å². The molecule has 0 saturated heterocycles. The molecule has 5 nitrogen and oxygen atoms in total. The first kappa shape index (κ1) is 23.4. The van der Waals surface area contributed by atoms with Gasteiger partial charge in [-0.2, -0.15) is 13.2 Å². The van der Waals surface area contributed by atoms with E-state index >= 15 is 0 Å². The average Bonchev–Trinajstić information content (AvgIpc) is 2.73. The second-order valence-corrected chi connectivity index (χ2v) is 7.84. The van der Waals surface area contributed by atoms with Gasteiger partial charge in [0.15, 0.2) is 5.43 Å². The normalized spacial score (nSPS) is 12.6. The molecule has 0 aliphatic carbocycles. The van der Waals surface area contributed by atoms with Crippen LogP contribution in [0.25, 0.3) is 10.9 Å². The Hall–Kier alpha value is -3.29. The molecule has 0 aliphatic rings. The molecule has 1 aromatic heterocycles. The third-order valence-corrected chi connectivity index (χ3v) is 5.20. The number of fused-ring (bicyclic) bond motifs is 1. The molecule has 0 fully saturated rings. The number of ether oxygens (including phenoxy) is 1. The van der Waals surface area contributed by atoms with Crippen molar-refractivity contribution in [1.29, 1.82) is 0 Å². The maximum atomic E-state index is 13.7. The minimum atomic E-state index is -4.70. The summed E-state index contributed by atoms with van der Waals surface area (Å²) < 4.78 is 47.2. The molecule has 32 heavy (non-hydrogen) atoms. The van der Waals surface area contributed by atoms with Crippen LogP contribution in [0.15, 0.2) is 53.3 Å². The van der Waals surface area contributed by atoms with Gasteiger partial charge in [-0.3, -0.25) is 9.59 Å². The zero-order chi connectivity index (χ0) is 23.5. The third-order valence-electron chi connectivity index (χ3n) is 5.20. The summed E-state index contributed by atoms with van der Waals surface area (Å²) in [5.41, 5.74) is 0.180. The van der Waals surface area contributed by atoms with Gasteiger partial charge in [0.1, 0.15) is 11.4 Å². The topological polar surface area (TPSA) is 60.3 Å². The monoisotopic (exact) mass is 446 g/mol. The Morgan fingerprint density at radius 3 is 2.59 bits per heavy atom. The van der Waals surface area contributed by atoms with Crippen LogP contribution < -0.4 is 15.5 Å². The maximum Gasteiger partial charge on any atom is 0.431 e. The standard InChI is InChI=1S/C24H25F3N2O3/c1-15-7-9-20-19(11-15)21(30)13-22(24(25,26)27)29(20)14-16(2)28-23(31)10-8-17-5-4-6-18(12-17)32-3/h4-7,9,11-13,16H,8,10,14H2,1-3H3,(H,28,31)/t16-/m1/s1. The molecular weight excluding hydrogens is 421 g/mol. The molecule has 8 heteroatoms. The van der Waals surface area contributed by atoms with Crippen LogP contribution >= 0.6 is 0 Å². The largest absolute Gasteiger partial charge is 0.497 e. The van der Waals surface area contributed by atoms with Gasteiger partial charge in [0.05, 0.1) is 12.6 Å². The van der Waals surface area contributed by atoms with Crippen molar-refractivity contribution >= 4 is 16.8 Å². The van der Waals surface area contributed by atoms with E-state index in [9.17, 15) is 22.8 Å². The number of aromatic nitrogens is 1. The van der Waals surface area contributed by atoms with E-state index < -0.39 is 23.3 Å². The van der Waals surface area contributed by atoms with Crippen molar-refractivity contribution in [3.63, 3.8) is 0 Å². The van der Waals surface area contributed by atoms with Crippen LogP contribution in [0.3, 0.4) is 0 Å². The number of amides is 1. The summed E-state index contributed by atoms with van der Waals surface area (Å²) in [5, 5.41) is 2.98. The number of carbonyl (C=O) groups is 1. The number of aryl methyl sites for hydroxylation is 2. The fraction of sp³-hybridized carbons (Fsp3) is 0.333. The Kier molecular flexibility index (Phi) is 6.91. The van der Waals surface area contributed by atoms with E-state index in [0.29, 0.717) is 18.2 Å². The Balaban J connectivity index is 1.78. The Bertz CT molecular complexity index is 1190. The zero-order valence-corrected chi connectivity index (χ0v) is 18.1. The summed E-state index contributed by atoms with van der Waals surface area (Å²) >= 11 is 0. The van der Waals surface area contributed by atoms with Gasteiger partial charge in [-0.25, -0.2) is 0 Å². The van der Waals surface area contributed by atoms with Crippen LogP contribution in [-0.4, -0.2) is 23.6 Å². The molecule has 3 rings (SSSR count). The molecular formula is C24H25F3N2O3. The number of halogens is 3. The first-order chi connectivity index (χ1) is 15.1. The first-order valence-electron chi connectivity index (χ1n) is 10.2. The highest BCUT2D eigenvalue weighted by atomic mass is 19.4. The molecule has 2 aromatic carbocycles. The van der Waals surface area contributed by atoms with Crippen molar-refractivity contribution in [3.8, 4) is 5.75 Å². The van der Waals surface area contributed by atoms with E-state index in [0.717, 1.165) is 15.7 Å². The molecule has 1 atom stereocenters. The molecule has 0 bridgehead atoms. The minimum Gasteiger partial charge on any atom is -0.497 e. The van der Waals surface area contributed by atoms with Crippen LogP contribution in [0.5, 0.6) is 5.75 Å². The number of hydrogen-bond donors (Lipinski definition) is 1. The number of pyridine rings is 1. The van der Waals surface area contributed by atoms with Gasteiger partial charge in [-0.15, -0.1) is 0 Å². The van der Waals surface area contributed by atoms with Crippen molar-refractivity contribution in [1.82, 2.24) is 9.88 Å². The number of hydrogen-bond acceptors (Lipinski definition) is 3. The van der Waals surface area contributed by atoms with Crippen LogP contribution in [0, 0.1) is 6.92 Å². The number of methoxy groups -OCH3 is 1. The van der Waals surface area contributed by atoms with Crippen molar-refractivity contribution < 1.29 is 22.7 Å². The Labute approximate surface area is 183 Å². The SMILES string of the molecule is COc1cccc(CCC(=O)N[C@H](C)Cn2c(C(F)(F)F)cc(=O)c3cc(C)ccc32)c1. The van der Waals surface area contributed by atoms with Crippen LogP contribution in [0.2, 0.25) is 0 Å². The number of nitrogens with zero attached hydrogens (tertiary/aromatic N) is 1. The first-order valence-corrected chi connectivity index (χ1v) is 10.2. The Morgan fingerprint density at radius 2 is 1.91 bits per heavy atom. The van der Waals surface area contributed by atoms with Crippen molar-refractivity contribution in [2.75, 3.05) is 7.11 Å². The second kappa shape index (κ2) is 9.46. The lowest BCUT2D eigenvalue weighted by atomic mass is 10.1. The number of nitrogens with one attached hydrogen (secondary N) is 1. The summed E-state index contributed by atoms with van der Waals surface area (Å²) in [6, 6.07) is 12.1. The molecule has 0 saturated carbocycles. The fourth-order valence-electron chi connectivity index (χ4n) is 3.68. The number of carbonyl (C=O) groups excluding carboxylic acids is 1. The highest BCUT2D eigenvalue weighted by molar-refractivity contribution is 5.80. The van der Waals surface area contributed by atoms with E-state index in [1.165, 1.54) is 6.07 Å². The summed E-state index contributed by atoms with van der Waals surface area (Å²) in [6.45, 7) is 3.29. The summed E-state index contributed by atoms with van der Waals surface area (Å²) in [6.07, 6.45) is -4.04. The molecule has 0 unspecified atom stereocenters. The van der Waals surface area contributed by atoms with Gasteiger partial charge in [-0.05, 0) is 50.1 Å². The Morgan fingerprint density at radius 1 is 1.16 bits per heavy atom. The predicted molar refractivity (Wildman–Crippen MR) is 117 cm³/mol. The average molecular weight is 446 g/mol. The molecule has 1 amide bonds. The van der Waals surface area contributed by atoms with Gasteiger partial charge in [0.25, 0.3) is 0 Å². The van der Waals surface area contributed by atoms with E-state index in [2.05, 4.69) is 5.32 Å². The molecule has 0 spiro atoms. The summed E-state index contributed by atoms with van der Waals surface area (Å²) in [4.78, 5) is 24.7. The van der Waals surface area contributed by atoms with Gasteiger partial charge in [0, 0.05) is 30.5 Å². The maximum absolute atomic E-state index is 13.7. The van der Waals surface area contributed by atoms with Crippen molar-refractivity contribution in [2.45, 2.75) is 45.5 Å². The molecule has 1 N–H and O–H groups in total. The number of alkyl halides is 3. The highest BCUT2D eigenvalue weighted by Crippen LogP contribution is 2.31. The van der Waals surface area contributed by atoms with Crippen molar-refractivity contribution in [2.24, 2.45) is 0 Å². The lowest BCUT2D eigenvalue weighted by Gasteiger charge is -2.22. The van der Waals surface area contributed by atoms with Gasteiger partial charge in [0.2, 0.25) is 5.91 Å². The third kappa shape index (κ3) is 5.49. The number of rotatable bonds is 7. The van der Waals surface area contributed by atoms with Gasteiger partial charge < -0.3 is 14.6 Å². The van der Waals surface area contributed by atoms with E-state index in [1.807, 2.05) is 18.2 Å². The zero-order valence-electron chi connectivity index (χ0n) is 18.1. The van der Waals surface area contributed by atoms with E-state index in [1.54, 1.807) is 39.2 Å². The molecule has 0 aliphatic heterocycles. The lowest BCUT2D eigenvalue weighted by Crippen LogP contribution is -2.37. The molecule has 0 radical (unpaired) electrons. The second-order valence-electron chi connectivity index (χ2n) is 7.84. The molecule has 3 aromatic rings. The quantitative estimate of drug-likeness (QED) is 0.582. The van der Waals surface area contributed by atoms with Gasteiger partial charge in [-0.1, -0.05) is 23.8 Å². The van der Waals surface area contributed by atoms with Crippen molar-refractivity contribution in [3.05, 3.63) is 75.6 Å².